The number of carbonyl (C=O) groups is 1. The molecular formula is C17H32N4O2. The number of piperidine rings is 1. The average Bonchev–Trinajstić information content (AvgIpc) is 2.42. The molecule has 3 N–H and O–H groups in total. The van der Waals surface area contributed by atoms with Gasteiger partial charge >= 0.3 is 6.09 Å². The predicted octanol–water partition coefficient (Wildman–Crippen LogP) is 2.48. The van der Waals surface area contributed by atoms with E-state index in [9.17, 15) is 4.79 Å². The smallest absolute Gasteiger partial charge is 0.410 e. The van der Waals surface area contributed by atoms with E-state index in [2.05, 4.69) is 10.3 Å². The van der Waals surface area contributed by atoms with Crippen molar-refractivity contribution in [3.8, 4) is 0 Å². The Morgan fingerprint density at radius 2 is 2.00 bits per heavy atom. The number of hydrogen-bond donors (Lipinski definition) is 2. The first-order chi connectivity index (χ1) is 10.8. The molecule has 0 aromatic heterocycles. The average molecular weight is 324 g/mol. The van der Waals surface area contributed by atoms with Crippen LogP contribution in [0, 0.1) is 5.92 Å². The quantitative estimate of drug-likeness (QED) is 0.615. The summed E-state index contributed by atoms with van der Waals surface area (Å²) in [5.41, 5.74) is 5.48. The standard InChI is InChI=1S/C17H32N4O2/c1-17(2,3)23-16(22)21-10-5-4-9-14(21)12-20-15(18)19-11-13-7-6-8-13/h13-14H,4-12H2,1-3H3,(H3,18,19,20). The van der Waals surface area contributed by atoms with Gasteiger partial charge in [-0.05, 0) is 58.8 Å². The lowest BCUT2D eigenvalue weighted by Gasteiger charge is -2.36. The third-order valence-corrected chi connectivity index (χ3v) is 4.52. The minimum Gasteiger partial charge on any atom is -0.444 e. The number of aliphatic imine (C=N–C) groups is 1. The molecule has 0 spiro atoms. The molecule has 1 aliphatic carbocycles. The van der Waals surface area contributed by atoms with Crippen LogP contribution in [0.2, 0.25) is 0 Å². The van der Waals surface area contributed by atoms with Crippen molar-refractivity contribution in [2.75, 3.05) is 19.6 Å². The Hall–Kier alpha value is -1.46. The van der Waals surface area contributed by atoms with E-state index in [1.165, 1.54) is 19.3 Å². The maximum atomic E-state index is 12.3. The molecule has 1 saturated heterocycles. The second-order valence-corrected chi connectivity index (χ2v) is 7.73. The number of guanidine groups is 1. The SMILES string of the molecule is CC(C)(C)OC(=O)N1CCCCC1CNC(N)=NCC1CCC1. The molecule has 1 atom stereocenters. The van der Waals surface area contributed by atoms with Gasteiger partial charge in [0.15, 0.2) is 5.96 Å². The molecule has 0 radical (unpaired) electrons. The Morgan fingerprint density at radius 1 is 1.26 bits per heavy atom. The second-order valence-electron chi connectivity index (χ2n) is 7.73. The van der Waals surface area contributed by atoms with E-state index in [0.29, 0.717) is 18.4 Å². The molecule has 2 rings (SSSR count). The summed E-state index contributed by atoms with van der Waals surface area (Å²) in [6, 6.07) is 0.121. The summed E-state index contributed by atoms with van der Waals surface area (Å²) >= 11 is 0. The zero-order chi connectivity index (χ0) is 16.9. The van der Waals surface area contributed by atoms with Crippen LogP contribution in [0.25, 0.3) is 0 Å². The molecule has 2 aliphatic rings. The molecule has 0 aromatic rings. The van der Waals surface area contributed by atoms with E-state index in [4.69, 9.17) is 10.5 Å². The Morgan fingerprint density at radius 3 is 2.61 bits per heavy atom. The first-order valence-electron chi connectivity index (χ1n) is 8.88. The van der Waals surface area contributed by atoms with Gasteiger partial charge in [0.25, 0.3) is 0 Å². The van der Waals surface area contributed by atoms with Crippen molar-refractivity contribution in [3.05, 3.63) is 0 Å². The number of likely N-dealkylation sites (tertiary alicyclic amines) is 1. The van der Waals surface area contributed by atoms with Crippen molar-refractivity contribution < 1.29 is 9.53 Å². The number of rotatable bonds is 4. The number of nitrogens with one attached hydrogen (secondary N) is 1. The van der Waals surface area contributed by atoms with Gasteiger partial charge in [0.1, 0.15) is 5.60 Å². The fraction of sp³-hybridized carbons (Fsp3) is 0.882. The molecule has 1 unspecified atom stereocenters. The van der Waals surface area contributed by atoms with Crippen molar-refractivity contribution in [1.82, 2.24) is 10.2 Å². The van der Waals surface area contributed by atoms with Gasteiger partial charge in [-0.25, -0.2) is 4.79 Å². The molecule has 6 heteroatoms. The predicted molar refractivity (Wildman–Crippen MR) is 92.4 cm³/mol. The second kappa shape index (κ2) is 7.88. The number of ether oxygens (including phenoxy) is 1. The molecular weight excluding hydrogens is 292 g/mol. The maximum Gasteiger partial charge on any atom is 0.410 e. The van der Waals surface area contributed by atoms with Gasteiger partial charge in [-0.3, -0.25) is 4.99 Å². The highest BCUT2D eigenvalue weighted by Crippen LogP contribution is 2.26. The lowest BCUT2D eigenvalue weighted by atomic mass is 9.86. The Kier molecular flexibility index (Phi) is 6.13. The van der Waals surface area contributed by atoms with E-state index in [1.54, 1.807) is 0 Å². The van der Waals surface area contributed by atoms with Gasteiger partial charge in [-0.2, -0.15) is 0 Å². The van der Waals surface area contributed by atoms with Crippen molar-refractivity contribution in [2.24, 2.45) is 16.6 Å². The summed E-state index contributed by atoms with van der Waals surface area (Å²) in [6.07, 6.45) is 6.76. The van der Waals surface area contributed by atoms with Gasteiger partial charge < -0.3 is 20.7 Å². The topological polar surface area (TPSA) is 80.0 Å². The maximum absolute atomic E-state index is 12.3. The first kappa shape index (κ1) is 17.9. The van der Waals surface area contributed by atoms with Crippen LogP contribution in [0.4, 0.5) is 4.79 Å². The Bertz CT molecular complexity index is 427. The van der Waals surface area contributed by atoms with Gasteiger partial charge in [-0.15, -0.1) is 0 Å². The zero-order valence-electron chi connectivity index (χ0n) is 14.8. The third kappa shape index (κ3) is 5.92. The van der Waals surface area contributed by atoms with Crippen LogP contribution in [0.15, 0.2) is 4.99 Å². The van der Waals surface area contributed by atoms with E-state index in [1.807, 2.05) is 25.7 Å². The van der Waals surface area contributed by atoms with Crippen LogP contribution in [-0.4, -0.2) is 48.2 Å². The first-order valence-corrected chi connectivity index (χ1v) is 8.88. The van der Waals surface area contributed by atoms with Gasteiger partial charge in [0, 0.05) is 19.6 Å². The summed E-state index contributed by atoms with van der Waals surface area (Å²) in [6.45, 7) is 7.90. The fourth-order valence-electron chi connectivity index (χ4n) is 2.95. The van der Waals surface area contributed by atoms with E-state index in [-0.39, 0.29) is 12.1 Å². The molecule has 1 heterocycles. The normalized spacial score (nSPS) is 23.3. The monoisotopic (exact) mass is 324 g/mol. The molecule has 2 fully saturated rings. The van der Waals surface area contributed by atoms with Crippen LogP contribution in [0.1, 0.15) is 59.3 Å². The highest BCUT2D eigenvalue weighted by molar-refractivity contribution is 5.78. The third-order valence-electron chi connectivity index (χ3n) is 4.52. The molecule has 1 aliphatic heterocycles. The molecule has 132 valence electrons. The molecule has 0 aromatic carbocycles. The molecule has 1 amide bonds. The van der Waals surface area contributed by atoms with Gasteiger partial charge in [0.05, 0.1) is 6.04 Å². The summed E-state index contributed by atoms with van der Waals surface area (Å²) in [4.78, 5) is 18.6. The van der Waals surface area contributed by atoms with Crippen LogP contribution >= 0.6 is 0 Å². The fourth-order valence-corrected chi connectivity index (χ4v) is 2.95. The Labute approximate surface area is 139 Å². The van der Waals surface area contributed by atoms with Crippen LogP contribution in [0.3, 0.4) is 0 Å². The van der Waals surface area contributed by atoms with Crippen LogP contribution in [0.5, 0.6) is 0 Å². The number of nitrogens with two attached hydrogens (primary N) is 1. The number of nitrogens with zero attached hydrogens (tertiary/aromatic N) is 2. The molecule has 1 saturated carbocycles. The van der Waals surface area contributed by atoms with Crippen molar-refractivity contribution in [2.45, 2.75) is 70.9 Å². The van der Waals surface area contributed by atoms with Crippen molar-refractivity contribution in [1.29, 1.82) is 0 Å². The lowest BCUT2D eigenvalue weighted by Crippen LogP contribution is -2.51. The van der Waals surface area contributed by atoms with E-state index in [0.717, 1.165) is 32.4 Å². The Balaban J connectivity index is 1.81. The number of amides is 1. The van der Waals surface area contributed by atoms with Gasteiger partial charge in [0.2, 0.25) is 0 Å². The van der Waals surface area contributed by atoms with E-state index >= 15 is 0 Å². The van der Waals surface area contributed by atoms with Crippen molar-refractivity contribution in [3.63, 3.8) is 0 Å². The minimum atomic E-state index is -0.463. The summed E-state index contributed by atoms with van der Waals surface area (Å²) in [5, 5.41) is 3.18. The summed E-state index contributed by atoms with van der Waals surface area (Å²) < 4.78 is 5.51. The van der Waals surface area contributed by atoms with Crippen molar-refractivity contribution >= 4 is 12.1 Å². The van der Waals surface area contributed by atoms with Gasteiger partial charge in [-0.1, -0.05) is 6.42 Å². The zero-order valence-corrected chi connectivity index (χ0v) is 14.8. The number of carbonyl (C=O) groups excluding carboxylic acids is 1. The van der Waals surface area contributed by atoms with Crippen LogP contribution in [-0.2, 0) is 4.74 Å². The highest BCUT2D eigenvalue weighted by atomic mass is 16.6. The number of hydrogen-bond acceptors (Lipinski definition) is 3. The molecule has 23 heavy (non-hydrogen) atoms. The molecule has 0 bridgehead atoms. The highest BCUT2D eigenvalue weighted by Gasteiger charge is 2.30. The summed E-state index contributed by atoms with van der Waals surface area (Å²) in [7, 11) is 0. The molecule has 6 nitrogen and oxygen atoms in total. The van der Waals surface area contributed by atoms with E-state index < -0.39 is 5.60 Å². The largest absolute Gasteiger partial charge is 0.444 e. The summed E-state index contributed by atoms with van der Waals surface area (Å²) in [5.74, 6) is 1.20. The van der Waals surface area contributed by atoms with Crippen LogP contribution < -0.4 is 11.1 Å². The minimum absolute atomic E-state index is 0.121. The lowest BCUT2D eigenvalue weighted by molar-refractivity contribution is 0.0104.